The summed E-state index contributed by atoms with van der Waals surface area (Å²) in [5.41, 5.74) is 1.29. The summed E-state index contributed by atoms with van der Waals surface area (Å²) in [6, 6.07) is 9.01. The molecule has 0 saturated carbocycles. The Bertz CT molecular complexity index is 412. The van der Waals surface area contributed by atoms with Gasteiger partial charge < -0.3 is 0 Å². The number of fused-ring (bicyclic) bond motifs is 2. The largest absolute Gasteiger partial charge is 0.300 e. The molecule has 2 aliphatic rings. The number of halogens is 1. The molecule has 2 fully saturated rings. The summed E-state index contributed by atoms with van der Waals surface area (Å²) < 4.78 is 0. The lowest BCUT2D eigenvalue weighted by Crippen LogP contribution is -2.42. The van der Waals surface area contributed by atoms with Crippen LogP contribution in [-0.2, 0) is 11.3 Å². The number of ketones is 1. The molecule has 0 N–H and O–H groups in total. The molecule has 3 rings (SSSR count). The first kappa shape index (κ1) is 11.2. The molecule has 2 aliphatic heterocycles. The quantitative estimate of drug-likeness (QED) is 0.803. The van der Waals surface area contributed by atoms with Crippen molar-refractivity contribution in [1.82, 2.24) is 4.90 Å². The molecule has 0 amide bonds. The maximum Gasteiger partial charge on any atom is 0.136 e. The summed E-state index contributed by atoms with van der Waals surface area (Å²) in [5, 5.41) is 0.783. The predicted octanol–water partition coefficient (Wildman–Crippen LogP) is 3.04. The number of benzene rings is 1. The van der Waals surface area contributed by atoms with Gasteiger partial charge in [0.1, 0.15) is 5.78 Å². The number of hydrogen-bond donors (Lipinski definition) is 0. The lowest BCUT2D eigenvalue weighted by molar-refractivity contribution is -0.123. The van der Waals surface area contributed by atoms with Gasteiger partial charge in [-0.05, 0) is 30.5 Å². The molecule has 2 bridgehead atoms. The number of hydrogen-bond acceptors (Lipinski definition) is 2. The molecule has 2 atom stereocenters. The molecular formula is C14H16ClNO. The molecule has 0 radical (unpaired) electrons. The topological polar surface area (TPSA) is 20.3 Å². The monoisotopic (exact) mass is 249 g/mol. The van der Waals surface area contributed by atoms with Crippen LogP contribution in [0, 0.1) is 0 Å². The van der Waals surface area contributed by atoms with Crippen molar-refractivity contribution in [2.75, 3.05) is 0 Å². The van der Waals surface area contributed by atoms with E-state index in [1.54, 1.807) is 0 Å². The highest BCUT2D eigenvalue weighted by Crippen LogP contribution is 2.35. The normalized spacial score (nSPS) is 28.6. The molecular weight excluding hydrogens is 234 g/mol. The van der Waals surface area contributed by atoms with Gasteiger partial charge in [-0.2, -0.15) is 0 Å². The van der Waals surface area contributed by atoms with Gasteiger partial charge in [-0.15, -0.1) is 0 Å². The molecule has 3 heteroatoms. The fourth-order valence-electron chi connectivity index (χ4n) is 3.12. The van der Waals surface area contributed by atoms with E-state index >= 15 is 0 Å². The van der Waals surface area contributed by atoms with Crippen molar-refractivity contribution < 1.29 is 4.79 Å². The zero-order valence-corrected chi connectivity index (χ0v) is 10.5. The third kappa shape index (κ3) is 2.24. The first-order valence-electron chi connectivity index (χ1n) is 6.24. The van der Waals surface area contributed by atoms with E-state index < -0.39 is 0 Å². The fraction of sp³-hybridized carbons (Fsp3) is 0.500. The van der Waals surface area contributed by atoms with Crippen molar-refractivity contribution in [1.29, 1.82) is 0 Å². The predicted molar refractivity (Wildman–Crippen MR) is 68.0 cm³/mol. The van der Waals surface area contributed by atoms with Crippen LogP contribution < -0.4 is 0 Å². The van der Waals surface area contributed by atoms with E-state index in [0.717, 1.165) is 24.4 Å². The molecule has 90 valence electrons. The van der Waals surface area contributed by atoms with Crippen molar-refractivity contribution in [2.24, 2.45) is 0 Å². The summed E-state index contributed by atoms with van der Waals surface area (Å²) in [7, 11) is 0. The Morgan fingerprint density at radius 1 is 1.12 bits per heavy atom. The Morgan fingerprint density at radius 3 is 2.29 bits per heavy atom. The van der Waals surface area contributed by atoms with Gasteiger partial charge in [0.05, 0.1) is 0 Å². The van der Waals surface area contributed by atoms with Crippen LogP contribution in [0.5, 0.6) is 0 Å². The highest BCUT2D eigenvalue weighted by molar-refractivity contribution is 6.30. The molecule has 2 nitrogen and oxygen atoms in total. The van der Waals surface area contributed by atoms with Gasteiger partial charge in [-0.3, -0.25) is 9.69 Å². The van der Waals surface area contributed by atoms with Crippen LogP contribution in [0.2, 0.25) is 5.02 Å². The Hall–Kier alpha value is -0.860. The fourth-order valence-corrected chi connectivity index (χ4v) is 3.25. The number of carbonyl (C=O) groups excluding carboxylic acids is 1. The van der Waals surface area contributed by atoms with Gasteiger partial charge in [0, 0.05) is 36.5 Å². The standard InChI is InChI=1S/C14H16ClNO/c15-11-3-1-10(2-4-11)9-16-12-5-6-13(16)8-14(17)7-12/h1-4,12-13H,5-9H2. The average molecular weight is 250 g/mol. The molecule has 1 aromatic rings. The van der Waals surface area contributed by atoms with Gasteiger partial charge in [-0.25, -0.2) is 0 Å². The molecule has 0 spiro atoms. The van der Waals surface area contributed by atoms with E-state index in [1.807, 2.05) is 12.1 Å². The summed E-state index contributed by atoms with van der Waals surface area (Å²) in [6.45, 7) is 0.958. The molecule has 2 unspecified atom stereocenters. The smallest absolute Gasteiger partial charge is 0.136 e. The van der Waals surface area contributed by atoms with Crippen LogP contribution in [0.25, 0.3) is 0 Å². The minimum absolute atomic E-state index is 0.449. The number of nitrogens with zero attached hydrogens (tertiary/aromatic N) is 1. The van der Waals surface area contributed by atoms with E-state index in [-0.39, 0.29) is 0 Å². The molecule has 0 aliphatic carbocycles. The van der Waals surface area contributed by atoms with Crippen LogP contribution in [0.3, 0.4) is 0 Å². The zero-order valence-electron chi connectivity index (χ0n) is 9.73. The summed E-state index contributed by atoms with van der Waals surface area (Å²) in [4.78, 5) is 14.0. The number of carbonyl (C=O) groups is 1. The highest BCUT2D eigenvalue weighted by atomic mass is 35.5. The number of Topliss-reactive ketones (excluding diaryl/α,β-unsaturated/α-hetero) is 1. The van der Waals surface area contributed by atoms with E-state index in [1.165, 1.54) is 18.4 Å². The average Bonchev–Trinajstić information content (AvgIpc) is 2.56. The van der Waals surface area contributed by atoms with E-state index in [2.05, 4.69) is 17.0 Å². The van der Waals surface area contributed by atoms with Crippen molar-refractivity contribution >= 4 is 17.4 Å². The summed E-state index contributed by atoms with van der Waals surface area (Å²) in [5.74, 6) is 0.449. The lowest BCUT2D eigenvalue weighted by atomic mass is 10.0. The number of rotatable bonds is 2. The third-order valence-electron chi connectivity index (χ3n) is 3.98. The van der Waals surface area contributed by atoms with Crippen molar-refractivity contribution in [3.63, 3.8) is 0 Å². The van der Waals surface area contributed by atoms with Crippen LogP contribution in [-0.4, -0.2) is 22.8 Å². The Morgan fingerprint density at radius 2 is 1.71 bits per heavy atom. The second kappa shape index (κ2) is 4.43. The zero-order chi connectivity index (χ0) is 11.8. The first-order valence-corrected chi connectivity index (χ1v) is 6.62. The minimum atomic E-state index is 0.449. The maximum absolute atomic E-state index is 11.5. The maximum atomic E-state index is 11.5. The van der Waals surface area contributed by atoms with Crippen molar-refractivity contribution in [3.8, 4) is 0 Å². The van der Waals surface area contributed by atoms with Crippen LogP contribution in [0.1, 0.15) is 31.2 Å². The molecule has 0 aromatic heterocycles. The SMILES string of the molecule is O=C1CC2CCC(C1)N2Cc1ccc(Cl)cc1. The highest BCUT2D eigenvalue weighted by Gasteiger charge is 2.39. The van der Waals surface area contributed by atoms with Gasteiger partial charge in [0.15, 0.2) is 0 Å². The van der Waals surface area contributed by atoms with Crippen molar-refractivity contribution in [3.05, 3.63) is 34.9 Å². The van der Waals surface area contributed by atoms with Crippen LogP contribution in [0.4, 0.5) is 0 Å². The molecule has 17 heavy (non-hydrogen) atoms. The first-order chi connectivity index (χ1) is 8.22. The van der Waals surface area contributed by atoms with Gasteiger partial charge in [0.25, 0.3) is 0 Å². The van der Waals surface area contributed by atoms with Gasteiger partial charge in [-0.1, -0.05) is 23.7 Å². The second-order valence-electron chi connectivity index (χ2n) is 5.13. The Balaban J connectivity index is 1.74. The minimum Gasteiger partial charge on any atom is -0.300 e. The van der Waals surface area contributed by atoms with E-state index in [9.17, 15) is 4.79 Å². The van der Waals surface area contributed by atoms with Crippen LogP contribution in [0.15, 0.2) is 24.3 Å². The van der Waals surface area contributed by atoms with Gasteiger partial charge >= 0.3 is 0 Å². The summed E-state index contributed by atoms with van der Waals surface area (Å²) >= 11 is 5.88. The summed E-state index contributed by atoms with van der Waals surface area (Å²) in [6.07, 6.45) is 3.88. The number of piperidine rings is 1. The molecule has 2 heterocycles. The van der Waals surface area contributed by atoms with Crippen LogP contribution >= 0.6 is 11.6 Å². The van der Waals surface area contributed by atoms with E-state index in [4.69, 9.17) is 11.6 Å². The molecule has 2 saturated heterocycles. The molecule has 1 aromatic carbocycles. The Kier molecular flexibility index (Phi) is 2.93. The lowest BCUT2D eigenvalue weighted by Gasteiger charge is -2.33. The van der Waals surface area contributed by atoms with Crippen molar-refractivity contribution in [2.45, 2.75) is 44.3 Å². The third-order valence-corrected chi connectivity index (χ3v) is 4.23. The van der Waals surface area contributed by atoms with Gasteiger partial charge in [0.2, 0.25) is 0 Å². The van der Waals surface area contributed by atoms with E-state index in [0.29, 0.717) is 17.9 Å². The Labute approximate surface area is 107 Å². The second-order valence-corrected chi connectivity index (χ2v) is 5.57.